The zero-order valence-corrected chi connectivity index (χ0v) is 10.1. The van der Waals surface area contributed by atoms with Gasteiger partial charge >= 0.3 is 0 Å². The molecule has 1 heterocycles. The maximum Gasteiger partial charge on any atom is 0.181 e. The molecule has 5 nitrogen and oxygen atoms in total. The SMILES string of the molecule is COCCOCCOCCn1ccc(=O)cc1. The summed E-state index contributed by atoms with van der Waals surface area (Å²) in [4.78, 5) is 10.9. The van der Waals surface area contributed by atoms with Crippen LogP contribution in [-0.4, -0.2) is 44.7 Å². The van der Waals surface area contributed by atoms with Crippen molar-refractivity contribution in [3.63, 3.8) is 0 Å². The topological polar surface area (TPSA) is 49.7 Å². The van der Waals surface area contributed by atoms with Crippen LogP contribution in [0.4, 0.5) is 0 Å². The molecule has 0 atom stereocenters. The van der Waals surface area contributed by atoms with Crippen molar-refractivity contribution in [2.24, 2.45) is 0 Å². The molecule has 0 amide bonds. The highest BCUT2D eigenvalue weighted by atomic mass is 16.5. The zero-order valence-electron chi connectivity index (χ0n) is 10.1. The zero-order chi connectivity index (χ0) is 12.3. The molecule has 0 aliphatic rings. The minimum Gasteiger partial charge on any atom is -0.382 e. The van der Waals surface area contributed by atoms with E-state index >= 15 is 0 Å². The molecule has 0 aliphatic carbocycles. The molecule has 1 rings (SSSR count). The van der Waals surface area contributed by atoms with Crippen LogP contribution in [0.15, 0.2) is 29.3 Å². The lowest BCUT2D eigenvalue weighted by Gasteiger charge is -2.07. The summed E-state index contributed by atoms with van der Waals surface area (Å²) in [6.45, 7) is 3.70. The monoisotopic (exact) mass is 241 g/mol. The maximum absolute atomic E-state index is 10.9. The van der Waals surface area contributed by atoms with E-state index in [0.717, 1.165) is 6.54 Å². The Bertz CT molecular complexity index is 330. The van der Waals surface area contributed by atoms with Gasteiger partial charge in [0, 0.05) is 38.2 Å². The van der Waals surface area contributed by atoms with Crippen molar-refractivity contribution in [1.82, 2.24) is 4.57 Å². The van der Waals surface area contributed by atoms with Crippen molar-refractivity contribution < 1.29 is 14.2 Å². The Morgan fingerprint density at radius 1 is 1.00 bits per heavy atom. The van der Waals surface area contributed by atoms with Crippen LogP contribution < -0.4 is 5.43 Å². The van der Waals surface area contributed by atoms with Gasteiger partial charge in [-0.2, -0.15) is 0 Å². The highest BCUT2D eigenvalue weighted by molar-refractivity contribution is 4.93. The molecule has 0 spiro atoms. The highest BCUT2D eigenvalue weighted by Crippen LogP contribution is 1.86. The average molecular weight is 241 g/mol. The normalized spacial score (nSPS) is 10.6. The Kier molecular flexibility index (Phi) is 7.29. The molecular formula is C12H19NO4. The minimum atomic E-state index is 0.0220. The van der Waals surface area contributed by atoms with Gasteiger partial charge in [-0.3, -0.25) is 4.79 Å². The second-order valence-corrected chi connectivity index (χ2v) is 3.49. The molecule has 1 aromatic heterocycles. The van der Waals surface area contributed by atoms with Crippen LogP contribution in [0, 0.1) is 0 Å². The van der Waals surface area contributed by atoms with Crippen LogP contribution in [0.25, 0.3) is 0 Å². The molecule has 0 saturated heterocycles. The van der Waals surface area contributed by atoms with Crippen molar-refractivity contribution in [2.45, 2.75) is 6.54 Å². The van der Waals surface area contributed by atoms with Crippen molar-refractivity contribution in [3.8, 4) is 0 Å². The summed E-state index contributed by atoms with van der Waals surface area (Å²) < 4.78 is 17.4. The quantitative estimate of drug-likeness (QED) is 0.592. The van der Waals surface area contributed by atoms with Crippen molar-refractivity contribution in [1.29, 1.82) is 0 Å². The first kappa shape index (κ1) is 13.9. The first-order chi connectivity index (χ1) is 8.33. The van der Waals surface area contributed by atoms with Crippen molar-refractivity contribution in [2.75, 3.05) is 40.1 Å². The average Bonchev–Trinajstić information content (AvgIpc) is 2.35. The molecule has 5 heteroatoms. The van der Waals surface area contributed by atoms with Crippen molar-refractivity contribution in [3.05, 3.63) is 34.7 Å². The van der Waals surface area contributed by atoms with E-state index in [2.05, 4.69) is 0 Å². The molecule has 0 unspecified atom stereocenters. The van der Waals surface area contributed by atoms with Gasteiger partial charge in [0.1, 0.15) is 0 Å². The fourth-order valence-corrected chi connectivity index (χ4v) is 1.23. The molecule has 0 fully saturated rings. The van der Waals surface area contributed by atoms with Gasteiger partial charge in [-0.05, 0) is 0 Å². The van der Waals surface area contributed by atoms with Gasteiger partial charge in [-0.1, -0.05) is 0 Å². The predicted octanol–water partition coefficient (Wildman–Crippen LogP) is 0.528. The Morgan fingerprint density at radius 2 is 1.59 bits per heavy atom. The fraction of sp³-hybridized carbons (Fsp3) is 0.583. The van der Waals surface area contributed by atoms with Gasteiger partial charge in [0.2, 0.25) is 0 Å². The minimum absolute atomic E-state index is 0.0220. The van der Waals surface area contributed by atoms with Gasteiger partial charge in [-0.25, -0.2) is 0 Å². The number of methoxy groups -OCH3 is 1. The van der Waals surface area contributed by atoms with Crippen LogP contribution in [0.5, 0.6) is 0 Å². The van der Waals surface area contributed by atoms with E-state index in [-0.39, 0.29) is 5.43 Å². The number of ether oxygens (including phenoxy) is 3. The number of aromatic nitrogens is 1. The van der Waals surface area contributed by atoms with E-state index in [9.17, 15) is 4.79 Å². The van der Waals surface area contributed by atoms with Gasteiger partial charge in [0.25, 0.3) is 0 Å². The number of hydrogen-bond acceptors (Lipinski definition) is 4. The largest absolute Gasteiger partial charge is 0.382 e. The lowest BCUT2D eigenvalue weighted by atomic mass is 10.4. The summed E-state index contributed by atoms with van der Waals surface area (Å²) in [7, 11) is 1.64. The van der Waals surface area contributed by atoms with E-state index in [1.807, 2.05) is 4.57 Å². The van der Waals surface area contributed by atoms with E-state index in [0.29, 0.717) is 33.0 Å². The standard InChI is InChI=1S/C12H19NO4/c1-15-8-9-17-11-10-16-7-6-13-4-2-12(14)3-5-13/h2-5H,6-11H2,1H3. The van der Waals surface area contributed by atoms with Gasteiger partial charge in [-0.15, -0.1) is 0 Å². The summed E-state index contributed by atoms with van der Waals surface area (Å²) in [6, 6.07) is 3.07. The Labute approximate surface area is 101 Å². The second kappa shape index (κ2) is 8.92. The van der Waals surface area contributed by atoms with Crippen molar-refractivity contribution >= 4 is 0 Å². The number of pyridine rings is 1. The van der Waals surface area contributed by atoms with E-state index < -0.39 is 0 Å². The first-order valence-corrected chi connectivity index (χ1v) is 5.63. The third-order valence-corrected chi connectivity index (χ3v) is 2.16. The predicted molar refractivity (Wildman–Crippen MR) is 64.2 cm³/mol. The number of nitrogens with zero attached hydrogens (tertiary/aromatic N) is 1. The Balaban J connectivity index is 1.97. The molecule has 1 aromatic rings. The van der Waals surface area contributed by atoms with Gasteiger partial charge in [0.05, 0.1) is 33.0 Å². The molecule has 0 radical (unpaired) electrons. The molecule has 17 heavy (non-hydrogen) atoms. The summed E-state index contributed by atoms with van der Waals surface area (Å²) in [5, 5.41) is 0. The van der Waals surface area contributed by atoms with Gasteiger partial charge < -0.3 is 18.8 Å². The molecule has 0 bridgehead atoms. The summed E-state index contributed by atoms with van der Waals surface area (Å²) in [5.41, 5.74) is 0.0220. The van der Waals surface area contributed by atoms with E-state index in [4.69, 9.17) is 14.2 Å². The van der Waals surface area contributed by atoms with Gasteiger partial charge in [0.15, 0.2) is 5.43 Å². The van der Waals surface area contributed by atoms with Crippen LogP contribution >= 0.6 is 0 Å². The molecule has 0 saturated carbocycles. The lowest BCUT2D eigenvalue weighted by molar-refractivity contribution is 0.0230. The van der Waals surface area contributed by atoms with Crippen LogP contribution in [0.2, 0.25) is 0 Å². The Morgan fingerprint density at radius 3 is 2.24 bits per heavy atom. The maximum atomic E-state index is 10.9. The van der Waals surface area contributed by atoms with Crippen LogP contribution in [0.1, 0.15) is 0 Å². The molecule has 0 aliphatic heterocycles. The number of hydrogen-bond donors (Lipinski definition) is 0. The second-order valence-electron chi connectivity index (χ2n) is 3.49. The fourth-order valence-electron chi connectivity index (χ4n) is 1.23. The highest BCUT2D eigenvalue weighted by Gasteiger charge is 1.92. The van der Waals surface area contributed by atoms with E-state index in [1.165, 1.54) is 12.1 Å². The lowest BCUT2D eigenvalue weighted by Crippen LogP contribution is -2.12. The van der Waals surface area contributed by atoms with Crippen LogP contribution in [0.3, 0.4) is 0 Å². The summed E-state index contributed by atoms with van der Waals surface area (Å²) in [5.74, 6) is 0. The van der Waals surface area contributed by atoms with E-state index in [1.54, 1.807) is 19.5 Å². The van der Waals surface area contributed by atoms with Crippen LogP contribution in [-0.2, 0) is 20.8 Å². The smallest absolute Gasteiger partial charge is 0.181 e. The third-order valence-electron chi connectivity index (χ3n) is 2.16. The molecular weight excluding hydrogens is 222 g/mol. The molecule has 0 aromatic carbocycles. The summed E-state index contributed by atoms with van der Waals surface area (Å²) in [6.07, 6.45) is 3.50. The first-order valence-electron chi connectivity index (χ1n) is 5.63. The summed E-state index contributed by atoms with van der Waals surface area (Å²) >= 11 is 0. The third kappa shape index (κ3) is 6.88. The number of rotatable bonds is 9. The molecule has 0 N–H and O–H groups in total. The molecule has 96 valence electrons. The Hall–Kier alpha value is -1.17.